The summed E-state index contributed by atoms with van der Waals surface area (Å²) < 4.78 is 5.31. The molecule has 1 aromatic heterocycles. The SMILES string of the molecule is O=C(O)c1cc(Cl)c(Cl)c(C(=O)Nc2ccc(N3CCOCC3)cn2)c1. The lowest BCUT2D eigenvalue weighted by Crippen LogP contribution is -2.36. The van der Waals surface area contributed by atoms with E-state index < -0.39 is 11.9 Å². The summed E-state index contributed by atoms with van der Waals surface area (Å²) >= 11 is 11.9. The highest BCUT2D eigenvalue weighted by Crippen LogP contribution is 2.28. The van der Waals surface area contributed by atoms with Gasteiger partial charge < -0.3 is 20.1 Å². The maximum Gasteiger partial charge on any atom is 0.335 e. The van der Waals surface area contributed by atoms with Crippen LogP contribution in [0.1, 0.15) is 20.7 Å². The molecule has 0 bridgehead atoms. The van der Waals surface area contributed by atoms with Crippen LogP contribution in [-0.2, 0) is 4.74 Å². The fourth-order valence-electron chi connectivity index (χ4n) is 2.53. The average Bonchev–Trinajstić information content (AvgIpc) is 2.65. The zero-order chi connectivity index (χ0) is 18.7. The van der Waals surface area contributed by atoms with E-state index in [9.17, 15) is 9.59 Å². The Morgan fingerprint density at radius 3 is 2.54 bits per heavy atom. The molecule has 0 unspecified atom stereocenters. The number of carbonyl (C=O) groups is 2. The first-order valence-corrected chi connectivity index (χ1v) is 8.54. The van der Waals surface area contributed by atoms with Gasteiger partial charge in [0.1, 0.15) is 5.82 Å². The van der Waals surface area contributed by atoms with E-state index in [-0.39, 0.29) is 21.2 Å². The molecule has 0 spiro atoms. The van der Waals surface area contributed by atoms with Gasteiger partial charge >= 0.3 is 5.97 Å². The van der Waals surface area contributed by atoms with Crippen molar-refractivity contribution in [3.63, 3.8) is 0 Å². The number of carboxylic acid groups (broad SMARTS) is 1. The highest BCUT2D eigenvalue weighted by molar-refractivity contribution is 6.44. The molecule has 2 heterocycles. The van der Waals surface area contributed by atoms with Crippen LogP contribution in [0.5, 0.6) is 0 Å². The number of ether oxygens (including phenoxy) is 1. The van der Waals surface area contributed by atoms with Crippen molar-refractivity contribution >= 4 is 46.6 Å². The molecule has 0 atom stereocenters. The molecule has 136 valence electrons. The van der Waals surface area contributed by atoms with Gasteiger partial charge in [-0.1, -0.05) is 23.2 Å². The number of hydrogen-bond donors (Lipinski definition) is 2. The molecule has 1 fully saturated rings. The van der Waals surface area contributed by atoms with Crippen molar-refractivity contribution in [3.05, 3.63) is 51.6 Å². The zero-order valence-corrected chi connectivity index (χ0v) is 15.0. The Hall–Kier alpha value is -2.35. The van der Waals surface area contributed by atoms with Crippen LogP contribution >= 0.6 is 23.2 Å². The number of hydrogen-bond acceptors (Lipinski definition) is 5. The number of amides is 1. The summed E-state index contributed by atoms with van der Waals surface area (Å²) in [6.07, 6.45) is 1.66. The van der Waals surface area contributed by atoms with Crippen molar-refractivity contribution in [2.75, 3.05) is 36.5 Å². The van der Waals surface area contributed by atoms with Gasteiger partial charge in [0.2, 0.25) is 0 Å². The van der Waals surface area contributed by atoms with E-state index in [1.54, 1.807) is 12.3 Å². The molecule has 2 N–H and O–H groups in total. The number of carboxylic acids is 1. The third-order valence-electron chi connectivity index (χ3n) is 3.89. The first-order valence-electron chi connectivity index (χ1n) is 7.78. The summed E-state index contributed by atoms with van der Waals surface area (Å²) in [7, 11) is 0. The molecule has 9 heteroatoms. The average molecular weight is 396 g/mol. The molecule has 1 aromatic carbocycles. The van der Waals surface area contributed by atoms with Crippen molar-refractivity contribution in [1.29, 1.82) is 0 Å². The summed E-state index contributed by atoms with van der Waals surface area (Å²) in [5, 5.41) is 11.7. The van der Waals surface area contributed by atoms with Gasteiger partial charge in [0.05, 0.1) is 46.3 Å². The van der Waals surface area contributed by atoms with E-state index in [0.717, 1.165) is 18.8 Å². The molecule has 7 nitrogen and oxygen atoms in total. The van der Waals surface area contributed by atoms with Gasteiger partial charge in [-0.15, -0.1) is 0 Å². The number of pyridine rings is 1. The van der Waals surface area contributed by atoms with Crippen LogP contribution in [0.4, 0.5) is 11.5 Å². The van der Waals surface area contributed by atoms with Crippen molar-refractivity contribution in [2.24, 2.45) is 0 Å². The summed E-state index contributed by atoms with van der Waals surface area (Å²) in [5.41, 5.74) is 0.774. The third kappa shape index (κ3) is 4.07. The van der Waals surface area contributed by atoms with Gasteiger partial charge in [-0.05, 0) is 24.3 Å². The molecule has 26 heavy (non-hydrogen) atoms. The lowest BCUT2D eigenvalue weighted by Gasteiger charge is -2.28. The number of aromatic nitrogens is 1. The molecule has 0 aliphatic carbocycles. The number of nitrogens with zero attached hydrogens (tertiary/aromatic N) is 2. The monoisotopic (exact) mass is 395 g/mol. The van der Waals surface area contributed by atoms with Crippen LogP contribution in [0.2, 0.25) is 10.0 Å². The Morgan fingerprint density at radius 1 is 1.19 bits per heavy atom. The van der Waals surface area contributed by atoms with Crippen LogP contribution in [0.15, 0.2) is 30.5 Å². The van der Waals surface area contributed by atoms with E-state index in [1.165, 1.54) is 12.1 Å². The molecular formula is C17H15Cl2N3O4. The summed E-state index contributed by atoms with van der Waals surface area (Å²) in [4.78, 5) is 29.9. The molecule has 0 radical (unpaired) electrons. The van der Waals surface area contributed by atoms with Gasteiger partial charge in [0.15, 0.2) is 0 Å². The normalized spacial score (nSPS) is 14.2. The topological polar surface area (TPSA) is 91.8 Å². The molecule has 1 aliphatic rings. The summed E-state index contributed by atoms with van der Waals surface area (Å²) in [6.45, 7) is 2.89. The van der Waals surface area contributed by atoms with Crippen LogP contribution in [0.25, 0.3) is 0 Å². The van der Waals surface area contributed by atoms with E-state index in [2.05, 4.69) is 15.2 Å². The number of benzene rings is 1. The molecule has 1 aliphatic heterocycles. The predicted molar refractivity (Wildman–Crippen MR) is 98.6 cm³/mol. The first kappa shape index (κ1) is 18.4. The number of aromatic carboxylic acids is 1. The van der Waals surface area contributed by atoms with Gasteiger partial charge in [-0.25, -0.2) is 9.78 Å². The summed E-state index contributed by atoms with van der Waals surface area (Å²) in [5.74, 6) is -1.47. The first-order chi connectivity index (χ1) is 12.5. The van der Waals surface area contributed by atoms with Gasteiger partial charge in [-0.2, -0.15) is 0 Å². The number of anilines is 2. The van der Waals surface area contributed by atoms with Crippen LogP contribution < -0.4 is 10.2 Å². The lowest BCUT2D eigenvalue weighted by molar-refractivity contribution is 0.0697. The minimum absolute atomic E-state index is 0.00709. The van der Waals surface area contributed by atoms with Crippen LogP contribution in [0.3, 0.4) is 0 Å². The number of carbonyl (C=O) groups excluding carboxylic acids is 1. The molecule has 3 rings (SSSR count). The zero-order valence-electron chi connectivity index (χ0n) is 13.5. The number of halogens is 2. The van der Waals surface area contributed by atoms with Crippen molar-refractivity contribution < 1.29 is 19.4 Å². The smallest absolute Gasteiger partial charge is 0.335 e. The number of morpholine rings is 1. The third-order valence-corrected chi connectivity index (χ3v) is 4.69. The highest BCUT2D eigenvalue weighted by Gasteiger charge is 2.18. The Bertz CT molecular complexity index is 837. The van der Waals surface area contributed by atoms with Crippen molar-refractivity contribution in [1.82, 2.24) is 4.98 Å². The Morgan fingerprint density at radius 2 is 1.92 bits per heavy atom. The largest absolute Gasteiger partial charge is 0.478 e. The van der Waals surface area contributed by atoms with E-state index in [0.29, 0.717) is 19.0 Å². The summed E-state index contributed by atoms with van der Waals surface area (Å²) in [6, 6.07) is 5.88. The fraction of sp³-hybridized carbons (Fsp3) is 0.235. The molecule has 1 saturated heterocycles. The molecule has 1 amide bonds. The van der Waals surface area contributed by atoms with Crippen molar-refractivity contribution in [2.45, 2.75) is 0 Å². The maximum atomic E-state index is 12.4. The second-order valence-electron chi connectivity index (χ2n) is 5.58. The van der Waals surface area contributed by atoms with Gasteiger partial charge in [0, 0.05) is 13.1 Å². The maximum absolute atomic E-state index is 12.4. The second kappa shape index (κ2) is 7.90. The lowest BCUT2D eigenvalue weighted by atomic mass is 10.1. The molecular weight excluding hydrogens is 381 g/mol. The van der Waals surface area contributed by atoms with Crippen molar-refractivity contribution in [3.8, 4) is 0 Å². The second-order valence-corrected chi connectivity index (χ2v) is 6.37. The molecule has 0 saturated carbocycles. The standard InChI is InChI=1S/C17H15Cl2N3O4/c18-13-8-10(17(24)25)7-12(15(13)19)16(23)21-14-2-1-11(9-20-14)22-3-5-26-6-4-22/h1-2,7-9H,3-6H2,(H,24,25)(H,20,21,23). The molecule has 2 aromatic rings. The van der Waals surface area contributed by atoms with Gasteiger partial charge in [-0.3, -0.25) is 4.79 Å². The number of rotatable bonds is 4. The van der Waals surface area contributed by atoms with Crippen LogP contribution in [-0.4, -0.2) is 48.3 Å². The predicted octanol–water partition coefficient (Wildman–Crippen LogP) is 3.18. The van der Waals surface area contributed by atoms with E-state index in [4.69, 9.17) is 33.0 Å². The minimum Gasteiger partial charge on any atom is -0.478 e. The fourth-order valence-corrected chi connectivity index (χ4v) is 2.94. The quantitative estimate of drug-likeness (QED) is 0.825. The minimum atomic E-state index is -1.20. The Labute approximate surface area is 159 Å². The Kier molecular flexibility index (Phi) is 5.61. The Balaban J connectivity index is 1.76. The van der Waals surface area contributed by atoms with E-state index >= 15 is 0 Å². The van der Waals surface area contributed by atoms with E-state index in [1.807, 2.05) is 6.07 Å². The highest BCUT2D eigenvalue weighted by atomic mass is 35.5. The van der Waals surface area contributed by atoms with Gasteiger partial charge in [0.25, 0.3) is 5.91 Å². The van der Waals surface area contributed by atoms with Crippen LogP contribution in [0, 0.1) is 0 Å². The number of nitrogens with one attached hydrogen (secondary N) is 1.